The third-order valence-electron chi connectivity index (χ3n) is 4.07. The lowest BCUT2D eigenvalue weighted by Gasteiger charge is -2.25. The van der Waals surface area contributed by atoms with Crippen molar-refractivity contribution in [1.29, 1.82) is 0 Å². The van der Waals surface area contributed by atoms with Crippen LogP contribution in [0.15, 0.2) is 36.5 Å². The first kappa shape index (κ1) is 13.9. The van der Waals surface area contributed by atoms with E-state index < -0.39 is 0 Å². The fourth-order valence-corrected chi connectivity index (χ4v) is 2.99. The highest BCUT2D eigenvalue weighted by atomic mass is 16.2. The number of fused-ring (bicyclic) bond motifs is 1. The quantitative estimate of drug-likeness (QED) is 0.941. The standard InChI is InChI=1S/C17H21N3O/c1-12(2)20-16(9-10-18-20)17(21)19-15-8-7-13-5-3-4-6-14(13)11-15/h3-6,9-10,12,15H,7-8,11H2,1-2H3,(H,19,21)/t15-/m0/s1. The van der Waals surface area contributed by atoms with Gasteiger partial charge in [-0.05, 0) is 50.3 Å². The Bertz CT molecular complexity index is 645. The number of carbonyl (C=O) groups excluding carboxylic acids is 1. The molecule has 0 fully saturated rings. The van der Waals surface area contributed by atoms with Gasteiger partial charge in [0.2, 0.25) is 0 Å². The highest BCUT2D eigenvalue weighted by Crippen LogP contribution is 2.21. The number of aromatic nitrogens is 2. The Balaban J connectivity index is 1.70. The molecule has 3 rings (SSSR count). The molecular weight excluding hydrogens is 262 g/mol. The maximum Gasteiger partial charge on any atom is 0.269 e. The highest BCUT2D eigenvalue weighted by Gasteiger charge is 2.22. The zero-order chi connectivity index (χ0) is 14.8. The van der Waals surface area contributed by atoms with Gasteiger partial charge in [0.25, 0.3) is 5.91 Å². The van der Waals surface area contributed by atoms with Gasteiger partial charge in [-0.3, -0.25) is 9.48 Å². The molecule has 1 aromatic carbocycles. The van der Waals surface area contributed by atoms with Crippen molar-refractivity contribution in [2.75, 3.05) is 0 Å². The molecule has 0 radical (unpaired) electrons. The van der Waals surface area contributed by atoms with Gasteiger partial charge in [0, 0.05) is 18.3 Å². The van der Waals surface area contributed by atoms with Crippen LogP contribution >= 0.6 is 0 Å². The Morgan fingerprint density at radius 2 is 2.05 bits per heavy atom. The van der Waals surface area contributed by atoms with Crippen LogP contribution in [0.2, 0.25) is 0 Å². The minimum atomic E-state index is -0.0226. The number of nitrogens with one attached hydrogen (secondary N) is 1. The van der Waals surface area contributed by atoms with Crippen molar-refractivity contribution in [3.8, 4) is 0 Å². The molecule has 1 heterocycles. The highest BCUT2D eigenvalue weighted by molar-refractivity contribution is 5.92. The Morgan fingerprint density at radius 1 is 1.29 bits per heavy atom. The second-order valence-corrected chi connectivity index (χ2v) is 5.94. The topological polar surface area (TPSA) is 46.9 Å². The molecule has 0 saturated carbocycles. The number of hydrogen-bond donors (Lipinski definition) is 1. The van der Waals surface area contributed by atoms with Crippen molar-refractivity contribution in [3.05, 3.63) is 53.3 Å². The van der Waals surface area contributed by atoms with Gasteiger partial charge in [-0.2, -0.15) is 5.10 Å². The van der Waals surface area contributed by atoms with Crippen molar-refractivity contribution < 1.29 is 4.79 Å². The molecule has 0 bridgehead atoms. The van der Waals surface area contributed by atoms with E-state index in [1.54, 1.807) is 16.9 Å². The molecule has 1 aliphatic rings. The molecule has 0 spiro atoms. The summed E-state index contributed by atoms with van der Waals surface area (Å²) in [7, 11) is 0. The number of carbonyl (C=O) groups is 1. The number of aryl methyl sites for hydroxylation is 1. The Hall–Kier alpha value is -2.10. The molecule has 1 amide bonds. The van der Waals surface area contributed by atoms with Crippen LogP contribution in [-0.2, 0) is 12.8 Å². The van der Waals surface area contributed by atoms with Crippen LogP contribution in [0.4, 0.5) is 0 Å². The number of hydrogen-bond acceptors (Lipinski definition) is 2. The van der Waals surface area contributed by atoms with E-state index in [9.17, 15) is 4.79 Å². The van der Waals surface area contributed by atoms with E-state index in [-0.39, 0.29) is 18.0 Å². The molecule has 1 atom stereocenters. The lowest BCUT2D eigenvalue weighted by molar-refractivity contribution is 0.0921. The van der Waals surface area contributed by atoms with Crippen LogP contribution in [0.1, 0.15) is 47.9 Å². The van der Waals surface area contributed by atoms with Crippen molar-refractivity contribution >= 4 is 5.91 Å². The van der Waals surface area contributed by atoms with E-state index in [1.807, 2.05) is 13.8 Å². The predicted molar refractivity (Wildman–Crippen MR) is 82.3 cm³/mol. The molecule has 2 aromatic rings. The third-order valence-corrected chi connectivity index (χ3v) is 4.07. The van der Waals surface area contributed by atoms with Gasteiger partial charge < -0.3 is 5.32 Å². The van der Waals surface area contributed by atoms with Gasteiger partial charge in [-0.25, -0.2) is 0 Å². The predicted octanol–water partition coefficient (Wildman–Crippen LogP) is 2.75. The van der Waals surface area contributed by atoms with E-state index in [0.717, 1.165) is 19.3 Å². The minimum Gasteiger partial charge on any atom is -0.348 e. The molecule has 4 heteroatoms. The summed E-state index contributed by atoms with van der Waals surface area (Å²) < 4.78 is 1.77. The fourth-order valence-electron chi connectivity index (χ4n) is 2.99. The van der Waals surface area contributed by atoms with Crippen molar-refractivity contribution in [3.63, 3.8) is 0 Å². The van der Waals surface area contributed by atoms with E-state index in [0.29, 0.717) is 5.69 Å². The number of amides is 1. The second-order valence-electron chi connectivity index (χ2n) is 5.94. The van der Waals surface area contributed by atoms with Crippen molar-refractivity contribution in [2.45, 2.75) is 45.2 Å². The lowest BCUT2D eigenvalue weighted by atomic mass is 9.88. The van der Waals surface area contributed by atoms with Crippen LogP contribution in [0.25, 0.3) is 0 Å². The number of nitrogens with zero attached hydrogens (tertiary/aromatic N) is 2. The summed E-state index contributed by atoms with van der Waals surface area (Å²) in [5.74, 6) is -0.0226. The van der Waals surface area contributed by atoms with E-state index in [4.69, 9.17) is 0 Å². The molecular formula is C17H21N3O. The SMILES string of the molecule is CC(C)n1nccc1C(=O)N[C@H]1CCc2ccccc2C1. The summed E-state index contributed by atoms with van der Waals surface area (Å²) in [6, 6.07) is 10.7. The van der Waals surface area contributed by atoms with Crippen molar-refractivity contribution in [1.82, 2.24) is 15.1 Å². The fraction of sp³-hybridized carbons (Fsp3) is 0.412. The van der Waals surface area contributed by atoms with Gasteiger partial charge in [0.1, 0.15) is 5.69 Å². The number of benzene rings is 1. The largest absolute Gasteiger partial charge is 0.348 e. The molecule has 4 nitrogen and oxygen atoms in total. The van der Waals surface area contributed by atoms with Crippen LogP contribution in [0, 0.1) is 0 Å². The zero-order valence-corrected chi connectivity index (χ0v) is 12.5. The molecule has 0 unspecified atom stereocenters. The van der Waals surface area contributed by atoms with Gasteiger partial charge >= 0.3 is 0 Å². The maximum absolute atomic E-state index is 12.4. The normalized spacial score (nSPS) is 17.6. The maximum atomic E-state index is 12.4. The van der Waals surface area contributed by atoms with Gasteiger partial charge in [-0.15, -0.1) is 0 Å². The zero-order valence-electron chi connectivity index (χ0n) is 12.5. The number of rotatable bonds is 3. The van der Waals surface area contributed by atoms with Gasteiger partial charge in [0.05, 0.1) is 0 Å². The molecule has 0 aliphatic heterocycles. The van der Waals surface area contributed by atoms with Crippen LogP contribution in [-0.4, -0.2) is 21.7 Å². The van der Waals surface area contributed by atoms with E-state index in [2.05, 4.69) is 34.7 Å². The first-order valence-electron chi connectivity index (χ1n) is 7.56. The summed E-state index contributed by atoms with van der Waals surface area (Å²) in [4.78, 5) is 12.4. The van der Waals surface area contributed by atoms with Crippen LogP contribution < -0.4 is 5.32 Å². The molecule has 0 saturated heterocycles. The summed E-state index contributed by atoms with van der Waals surface area (Å²) in [5.41, 5.74) is 3.41. The second kappa shape index (κ2) is 5.72. The summed E-state index contributed by atoms with van der Waals surface area (Å²) in [5, 5.41) is 7.38. The van der Waals surface area contributed by atoms with Gasteiger partial charge in [-0.1, -0.05) is 24.3 Å². The average Bonchev–Trinajstić information content (AvgIpc) is 2.97. The van der Waals surface area contributed by atoms with Crippen LogP contribution in [0.3, 0.4) is 0 Å². The molecule has 21 heavy (non-hydrogen) atoms. The summed E-state index contributed by atoms with van der Waals surface area (Å²) >= 11 is 0. The minimum absolute atomic E-state index is 0.0226. The van der Waals surface area contributed by atoms with Gasteiger partial charge in [0.15, 0.2) is 0 Å². The monoisotopic (exact) mass is 283 g/mol. The molecule has 1 aromatic heterocycles. The average molecular weight is 283 g/mol. The first-order chi connectivity index (χ1) is 10.1. The third kappa shape index (κ3) is 2.84. The summed E-state index contributed by atoms with van der Waals surface area (Å²) in [6.07, 6.45) is 4.63. The Morgan fingerprint density at radius 3 is 2.81 bits per heavy atom. The molecule has 110 valence electrons. The first-order valence-corrected chi connectivity index (χ1v) is 7.56. The van der Waals surface area contributed by atoms with E-state index >= 15 is 0 Å². The smallest absolute Gasteiger partial charge is 0.269 e. The molecule has 1 N–H and O–H groups in total. The molecule has 1 aliphatic carbocycles. The summed E-state index contributed by atoms with van der Waals surface area (Å²) in [6.45, 7) is 4.06. The lowest BCUT2D eigenvalue weighted by Crippen LogP contribution is -2.39. The Kier molecular flexibility index (Phi) is 3.78. The Labute approximate surface area is 125 Å². The van der Waals surface area contributed by atoms with E-state index in [1.165, 1.54) is 11.1 Å². The van der Waals surface area contributed by atoms with Crippen molar-refractivity contribution in [2.24, 2.45) is 0 Å². The van der Waals surface area contributed by atoms with Crippen LogP contribution in [0.5, 0.6) is 0 Å².